The first kappa shape index (κ1) is 19.2. The van der Waals surface area contributed by atoms with E-state index in [0.29, 0.717) is 0 Å². The zero-order valence-corrected chi connectivity index (χ0v) is 13.6. The number of unbranched alkanes of at least 4 members (excludes halogenated alkanes) is 12. The van der Waals surface area contributed by atoms with Gasteiger partial charge in [-0.1, -0.05) is 90.6 Å². The molecule has 0 radical (unpaired) electrons. The zero-order chi connectivity index (χ0) is 14.9. The molecule has 0 rings (SSSR count). The van der Waals surface area contributed by atoms with E-state index in [4.69, 9.17) is 0 Å². The Labute approximate surface area is 126 Å². The van der Waals surface area contributed by atoms with Crippen LogP contribution in [-0.2, 0) is 4.79 Å². The van der Waals surface area contributed by atoms with Gasteiger partial charge in [0.2, 0.25) is 5.91 Å². The predicted molar refractivity (Wildman–Crippen MR) is 88.9 cm³/mol. The van der Waals surface area contributed by atoms with Crippen molar-refractivity contribution in [3.05, 3.63) is 12.7 Å². The summed E-state index contributed by atoms with van der Waals surface area (Å²) in [5, 5.41) is 2.82. The van der Waals surface area contributed by atoms with Crippen molar-refractivity contribution in [1.82, 2.24) is 5.32 Å². The first-order valence-corrected chi connectivity index (χ1v) is 8.71. The molecule has 0 aromatic rings. The second-order valence-electron chi connectivity index (χ2n) is 5.74. The Kier molecular flexibility index (Phi) is 15.6. The normalized spacial score (nSPS) is 10.4. The number of carbonyl (C=O) groups excluding carboxylic acids is 1. The van der Waals surface area contributed by atoms with Gasteiger partial charge < -0.3 is 5.32 Å². The zero-order valence-electron chi connectivity index (χ0n) is 13.6. The SMILES string of the molecule is C=CC(=O)NCCCCCCCCCCCCCCC. The minimum absolute atomic E-state index is 0.0519. The highest BCUT2D eigenvalue weighted by Crippen LogP contribution is 2.12. The Bertz CT molecular complexity index is 225. The van der Waals surface area contributed by atoms with Gasteiger partial charge in [-0.3, -0.25) is 4.79 Å². The number of carbonyl (C=O) groups is 1. The Hall–Kier alpha value is -0.790. The van der Waals surface area contributed by atoms with E-state index in [0.717, 1.165) is 13.0 Å². The van der Waals surface area contributed by atoms with Gasteiger partial charge in [-0.05, 0) is 12.5 Å². The molecule has 0 aromatic heterocycles. The maximum absolute atomic E-state index is 10.9. The van der Waals surface area contributed by atoms with Crippen LogP contribution in [0.1, 0.15) is 90.4 Å². The van der Waals surface area contributed by atoms with Crippen molar-refractivity contribution >= 4 is 5.91 Å². The molecule has 0 saturated heterocycles. The van der Waals surface area contributed by atoms with Crippen molar-refractivity contribution in [3.8, 4) is 0 Å². The molecule has 1 N–H and O–H groups in total. The Balaban J connectivity index is 2.99. The molecule has 0 unspecified atom stereocenters. The van der Waals surface area contributed by atoms with Crippen LogP contribution >= 0.6 is 0 Å². The van der Waals surface area contributed by atoms with Gasteiger partial charge in [0, 0.05) is 6.54 Å². The first-order chi connectivity index (χ1) is 9.81. The van der Waals surface area contributed by atoms with E-state index in [2.05, 4.69) is 18.8 Å². The van der Waals surface area contributed by atoms with Crippen molar-refractivity contribution in [2.45, 2.75) is 90.4 Å². The summed E-state index contributed by atoms with van der Waals surface area (Å²) in [4.78, 5) is 10.9. The molecule has 0 spiro atoms. The van der Waals surface area contributed by atoms with Crippen molar-refractivity contribution in [1.29, 1.82) is 0 Å². The molecule has 0 bridgehead atoms. The molecule has 0 fully saturated rings. The lowest BCUT2D eigenvalue weighted by Gasteiger charge is -2.03. The summed E-state index contributed by atoms with van der Waals surface area (Å²) in [6.07, 6.45) is 19.0. The minimum atomic E-state index is -0.0519. The van der Waals surface area contributed by atoms with Gasteiger partial charge >= 0.3 is 0 Å². The van der Waals surface area contributed by atoms with Gasteiger partial charge in [0.25, 0.3) is 0 Å². The standard InChI is InChI=1S/C18H35NO/c1-3-5-6-7-8-9-10-11-12-13-14-15-16-17-19-18(20)4-2/h4H,2-3,5-17H2,1H3,(H,19,20). The van der Waals surface area contributed by atoms with Gasteiger partial charge in [0.15, 0.2) is 0 Å². The van der Waals surface area contributed by atoms with E-state index < -0.39 is 0 Å². The topological polar surface area (TPSA) is 29.1 Å². The molecule has 0 aliphatic heterocycles. The molecule has 1 amide bonds. The molecular weight excluding hydrogens is 246 g/mol. The highest BCUT2D eigenvalue weighted by molar-refractivity contribution is 5.86. The van der Waals surface area contributed by atoms with Crippen LogP contribution in [0.15, 0.2) is 12.7 Å². The molecule has 2 nitrogen and oxygen atoms in total. The third-order valence-corrected chi connectivity index (χ3v) is 3.76. The van der Waals surface area contributed by atoms with Crippen molar-refractivity contribution < 1.29 is 4.79 Å². The third kappa shape index (κ3) is 15.3. The van der Waals surface area contributed by atoms with Crippen LogP contribution in [0, 0.1) is 0 Å². The van der Waals surface area contributed by atoms with Gasteiger partial charge in [-0.15, -0.1) is 0 Å². The molecule has 0 saturated carbocycles. The smallest absolute Gasteiger partial charge is 0.243 e. The second kappa shape index (κ2) is 16.3. The molecule has 20 heavy (non-hydrogen) atoms. The fourth-order valence-electron chi connectivity index (χ4n) is 2.43. The largest absolute Gasteiger partial charge is 0.353 e. The van der Waals surface area contributed by atoms with Gasteiger partial charge in [-0.25, -0.2) is 0 Å². The van der Waals surface area contributed by atoms with Crippen molar-refractivity contribution in [2.24, 2.45) is 0 Å². The fourth-order valence-corrected chi connectivity index (χ4v) is 2.43. The van der Waals surface area contributed by atoms with E-state index in [1.54, 1.807) is 0 Å². The van der Waals surface area contributed by atoms with Crippen molar-refractivity contribution in [2.75, 3.05) is 6.54 Å². The monoisotopic (exact) mass is 281 g/mol. The molecule has 118 valence electrons. The quantitative estimate of drug-likeness (QED) is 0.317. The van der Waals surface area contributed by atoms with E-state index >= 15 is 0 Å². The Morgan fingerprint density at radius 2 is 1.20 bits per heavy atom. The molecule has 0 aliphatic rings. The van der Waals surface area contributed by atoms with Crippen molar-refractivity contribution in [3.63, 3.8) is 0 Å². The Morgan fingerprint density at radius 1 is 0.800 bits per heavy atom. The summed E-state index contributed by atoms with van der Waals surface area (Å²) in [7, 11) is 0. The van der Waals surface area contributed by atoms with Crippen LogP contribution in [-0.4, -0.2) is 12.5 Å². The number of amides is 1. The molecule has 0 heterocycles. The van der Waals surface area contributed by atoms with Gasteiger partial charge in [0.05, 0.1) is 0 Å². The average Bonchev–Trinajstić information content (AvgIpc) is 2.47. The maximum Gasteiger partial charge on any atom is 0.243 e. The van der Waals surface area contributed by atoms with Crippen LogP contribution in [0.25, 0.3) is 0 Å². The summed E-state index contributed by atoms with van der Waals surface area (Å²) in [5.41, 5.74) is 0. The van der Waals surface area contributed by atoms with Crippen LogP contribution < -0.4 is 5.32 Å². The van der Waals surface area contributed by atoms with Crippen LogP contribution in [0.4, 0.5) is 0 Å². The van der Waals surface area contributed by atoms with E-state index in [9.17, 15) is 4.79 Å². The summed E-state index contributed by atoms with van der Waals surface area (Å²) < 4.78 is 0. The molecule has 0 aromatic carbocycles. The lowest BCUT2D eigenvalue weighted by Crippen LogP contribution is -2.21. The number of nitrogens with one attached hydrogen (secondary N) is 1. The molecule has 2 heteroatoms. The Morgan fingerprint density at radius 3 is 1.60 bits per heavy atom. The van der Waals surface area contributed by atoms with Gasteiger partial charge in [-0.2, -0.15) is 0 Å². The molecular formula is C18H35NO. The molecule has 0 atom stereocenters. The highest BCUT2D eigenvalue weighted by Gasteiger charge is 1.95. The molecule has 0 aliphatic carbocycles. The summed E-state index contributed by atoms with van der Waals surface area (Å²) in [5.74, 6) is -0.0519. The summed E-state index contributed by atoms with van der Waals surface area (Å²) >= 11 is 0. The summed E-state index contributed by atoms with van der Waals surface area (Å²) in [6.45, 7) is 6.50. The predicted octanol–water partition coefficient (Wildman–Crippen LogP) is 5.38. The second-order valence-corrected chi connectivity index (χ2v) is 5.74. The summed E-state index contributed by atoms with van der Waals surface area (Å²) in [6, 6.07) is 0. The van der Waals surface area contributed by atoms with Crippen LogP contribution in [0.3, 0.4) is 0 Å². The lowest BCUT2D eigenvalue weighted by molar-refractivity contribution is -0.116. The lowest BCUT2D eigenvalue weighted by atomic mass is 10.0. The fraction of sp³-hybridized carbons (Fsp3) is 0.833. The maximum atomic E-state index is 10.9. The van der Waals surface area contributed by atoms with Crippen LogP contribution in [0.5, 0.6) is 0 Å². The number of hydrogen-bond donors (Lipinski definition) is 1. The van der Waals surface area contributed by atoms with Crippen LogP contribution in [0.2, 0.25) is 0 Å². The average molecular weight is 281 g/mol. The van der Waals surface area contributed by atoms with E-state index in [-0.39, 0.29) is 5.91 Å². The highest BCUT2D eigenvalue weighted by atomic mass is 16.1. The van der Waals surface area contributed by atoms with E-state index in [1.165, 1.54) is 83.1 Å². The first-order valence-electron chi connectivity index (χ1n) is 8.71. The minimum Gasteiger partial charge on any atom is -0.353 e. The van der Waals surface area contributed by atoms with Gasteiger partial charge in [0.1, 0.15) is 0 Å². The number of hydrogen-bond acceptors (Lipinski definition) is 1. The third-order valence-electron chi connectivity index (χ3n) is 3.76. The van der Waals surface area contributed by atoms with E-state index in [1.807, 2.05) is 0 Å². The number of rotatable bonds is 15.